The smallest absolute Gasteiger partial charge is 0.188 e. The summed E-state index contributed by atoms with van der Waals surface area (Å²) >= 11 is 0. The molecule has 0 radical (unpaired) electrons. The van der Waals surface area contributed by atoms with Crippen molar-refractivity contribution in [3.63, 3.8) is 0 Å². The minimum atomic E-state index is -0.740. The maximum atomic E-state index is 8.77. The maximum absolute atomic E-state index is 8.77. The summed E-state index contributed by atoms with van der Waals surface area (Å²) in [6.45, 7) is 7.66. The molecule has 0 aromatic carbocycles. The predicted octanol–water partition coefficient (Wildman–Crippen LogP) is 1.69. The molecule has 8 nitrogen and oxygen atoms in total. The Balaban J connectivity index is 1.78. The molecule has 0 aromatic heterocycles. The van der Waals surface area contributed by atoms with Gasteiger partial charge in [0.05, 0.1) is 12.6 Å². The molecule has 0 bridgehead atoms. The fourth-order valence-electron chi connectivity index (χ4n) is 2.89. The fourth-order valence-corrected chi connectivity index (χ4v) is 2.89. The molecule has 0 unspecified atom stereocenters. The van der Waals surface area contributed by atoms with Crippen LogP contribution in [0.1, 0.15) is 27.7 Å². The summed E-state index contributed by atoms with van der Waals surface area (Å²) in [7, 11) is 0. The number of azide groups is 1. The average Bonchev–Trinajstić information content (AvgIpc) is 2.91. The lowest BCUT2D eigenvalue weighted by atomic mass is 10.0. The summed E-state index contributed by atoms with van der Waals surface area (Å²) in [6, 6.07) is -0.491. The van der Waals surface area contributed by atoms with Gasteiger partial charge in [-0.2, -0.15) is 0 Å². The highest BCUT2D eigenvalue weighted by atomic mass is 16.8. The van der Waals surface area contributed by atoms with Crippen LogP contribution in [0.4, 0.5) is 0 Å². The Morgan fingerprint density at radius 2 is 1.80 bits per heavy atom. The maximum Gasteiger partial charge on any atom is 0.188 e. The van der Waals surface area contributed by atoms with Gasteiger partial charge in [0.25, 0.3) is 0 Å². The molecule has 3 heterocycles. The summed E-state index contributed by atoms with van der Waals surface area (Å²) < 4.78 is 28.6. The summed E-state index contributed by atoms with van der Waals surface area (Å²) in [4.78, 5) is 2.90. The third-order valence-corrected chi connectivity index (χ3v) is 3.63. The van der Waals surface area contributed by atoms with E-state index in [4.69, 9.17) is 29.2 Å². The van der Waals surface area contributed by atoms with Crippen molar-refractivity contribution in [3.05, 3.63) is 10.4 Å². The van der Waals surface area contributed by atoms with Gasteiger partial charge in [0, 0.05) is 4.91 Å². The molecule has 3 aliphatic rings. The van der Waals surface area contributed by atoms with Gasteiger partial charge in [-0.25, -0.2) is 0 Å². The van der Waals surface area contributed by atoms with Gasteiger partial charge in [0.2, 0.25) is 0 Å². The predicted molar refractivity (Wildman–Crippen MR) is 66.5 cm³/mol. The van der Waals surface area contributed by atoms with Crippen molar-refractivity contribution in [2.45, 2.75) is 69.9 Å². The molecule has 0 amide bonds. The molecule has 3 aliphatic heterocycles. The zero-order valence-corrected chi connectivity index (χ0v) is 12.0. The first-order valence-corrected chi connectivity index (χ1v) is 6.68. The largest absolute Gasteiger partial charge is 0.348 e. The second kappa shape index (κ2) is 4.56. The van der Waals surface area contributed by atoms with Crippen molar-refractivity contribution >= 4 is 0 Å². The first-order valence-electron chi connectivity index (χ1n) is 6.68. The van der Waals surface area contributed by atoms with E-state index < -0.39 is 36.1 Å². The van der Waals surface area contributed by atoms with E-state index in [1.165, 1.54) is 0 Å². The van der Waals surface area contributed by atoms with Gasteiger partial charge in [0.15, 0.2) is 17.9 Å². The molecule has 20 heavy (non-hydrogen) atoms. The number of hydrogen-bond donors (Lipinski definition) is 0. The highest BCUT2D eigenvalue weighted by Crippen LogP contribution is 2.41. The zero-order chi connectivity index (χ0) is 14.5. The van der Waals surface area contributed by atoms with E-state index in [0.29, 0.717) is 6.61 Å². The zero-order valence-electron chi connectivity index (χ0n) is 12.0. The second-order valence-corrected chi connectivity index (χ2v) is 6.13. The summed E-state index contributed by atoms with van der Waals surface area (Å²) in [6.07, 6.45) is -1.70. The van der Waals surface area contributed by atoms with E-state index in [2.05, 4.69) is 10.0 Å². The summed E-state index contributed by atoms with van der Waals surface area (Å²) in [5.41, 5.74) is 8.77. The van der Waals surface area contributed by atoms with Crippen LogP contribution in [0, 0.1) is 0 Å². The Morgan fingerprint density at radius 3 is 2.40 bits per heavy atom. The van der Waals surface area contributed by atoms with Gasteiger partial charge in [-0.3, -0.25) is 0 Å². The van der Waals surface area contributed by atoms with Crippen molar-refractivity contribution in [1.29, 1.82) is 0 Å². The average molecular weight is 285 g/mol. The molecule has 0 aromatic rings. The van der Waals surface area contributed by atoms with Crippen LogP contribution in [0.2, 0.25) is 0 Å². The molecule has 3 rings (SSSR count). The van der Waals surface area contributed by atoms with Gasteiger partial charge in [-0.05, 0) is 33.2 Å². The molecular weight excluding hydrogens is 266 g/mol. The molecule has 3 saturated heterocycles. The van der Waals surface area contributed by atoms with Gasteiger partial charge in [-0.1, -0.05) is 5.11 Å². The molecule has 0 saturated carbocycles. The minimum absolute atomic E-state index is 0.304. The number of ether oxygens (including phenoxy) is 5. The van der Waals surface area contributed by atoms with E-state index in [9.17, 15) is 0 Å². The van der Waals surface area contributed by atoms with Gasteiger partial charge in [-0.15, -0.1) is 0 Å². The first kappa shape index (κ1) is 14.1. The van der Waals surface area contributed by atoms with Crippen LogP contribution in [0.5, 0.6) is 0 Å². The first-order chi connectivity index (χ1) is 9.31. The van der Waals surface area contributed by atoms with Crippen LogP contribution >= 0.6 is 0 Å². The van der Waals surface area contributed by atoms with Crippen LogP contribution in [0.15, 0.2) is 5.11 Å². The van der Waals surface area contributed by atoms with Gasteiger partial charge >= 0.3 is 0 Å². The normalized spacial score (nSPS) is 45.1. The van der Waals surface area contributed by atoms with E-state index in [1.54, 1.807) is 13.8 Å². The quantitative estimate of drug-likeness (QED) is 0.437. The number of rotatable bonds is 2. The Morgan fingerprint density at radius 1 is 1.05 bits per heavy atom. The molecule has 0 spiro atoms. The molecule has 5 atom stereocenters. The van der Waals surface area contributed by atoms with Crippen LogP contribution < -0.4 is 0 Å². The van der Waals surface area contributed by atoms with Crippen molar-refractivity contribution in [2.75, 3.05) is 6.61 Å². The Kier molecular flexibility index (Phi) is 3.20. The van der Waals surface area contributed by atoms with E-state index >= 15 is 0 Å². The Hall–Kier alpha value is -0.890. The van der Waals surface area contributed by atoms with E-state index in [1.807, 2.05) is 13.8 Å². The number of nitrogens with zero attached hydrogens (tertiary/aromatic N) is 3. The van der Waals surface area contributed by atoms with Crippen molar-refractivity contribution in [2.24, 2.45) is 5.11 Å². The third-order valence-electron chi connectivity index (χ3n) is 3.63. The number of fused-ring (bicyclic) bond motifs is 1. The monoisotopic (exact) mass is 285 g/mol. The highest BCUT2D eigenvalue weighted by molar-refractivity contribution is 5.01. The molecule has 0 N–H and O–H groups in total. The Labute approximate surface area is 116 Å². The Bertz CT molecular complexity index is 448. The standard InChI is InChI=1S/C12H19N3O5/c1-11(2)16-5-6(18-11)8-7(14-15-13)9-10(17-8)20-12(3,4)19-9/h6-10H,5H2,1-4H3/t6-,7+,8+,9+,10+/m1/s1. The fraction of sp³-hybridized carbons (Fsp3) is 1.00. The lowest BCUT2D eigenvalue weighted by molar-refractivity contribution is -0.222. The van der Waals surface area contributed by atoms with E-state index in [-0.39, 0.29) is 6.10 Å². The molecule has 8 heteroatoms. The number of hydrogen-bond acceptors (Lipinski definition) is 6. The summed E-state index contributed by atoms with van der Waals surface area (Å²) in [5, 5.41) is 3.82. The third kappa shape index (κ3) is 2.39. The SMILES string of the molecule is CC1(C)O[C@@H]2O[C@@H]([C@H]3COC(C)(C)O3)[C@H](N=[N+]=[N-])[C@@H]2O1. The molecule has 112 valence electrons. The van der Waals surface area contributed by atoms with Crippen molar-refractivity contribution in [1.82, 2.24) is 0 Å². The lowest BCUT2D eigenvalue weighted by Crippen LogP contribution is -2.41. The minimum Gasteiger partial charge on any atom is -0.348 e. The van der Waals surface area contributed by atoms with E-state index in [0.717, 1.165) is 0 Å². The van der Waals surface area contributed by atoms with Crippen LogP contribution in [0.3, 0.4) is 0 Å². The molecule has 0 aliphatic carbocycles. The summed E-state index contributed by atoms with van der Waals surface area (Å²) in [5.74, 6) is -1.40. The van der Waals surface area contributed by atoms with Crippen LogP contribution in [0.25, 0.3) is 10.4 Å². The van der Waals surface area contributed by atoms with Crippen molar-refractivity contribution < 1.29 is 23.7 Å². The second-order valence-electron chi connectivity index (χ2n) is 6.13. The molecule has 3 fully saturated rings. The highest BCUT2D eigenvalue weighted by Gasteiger charge is 2.57. The van der Waals surface area contributed by atoms with Crippen LogP contribution in [-0.2, 0) is 23.7 Å². The van der Waals surface area contributed by atoms with Gasteiger partial charge < -0.3 is 23.7 Å². The van der Waals surface area contributed by atoms with Crippen molar-refractivity contribution in [3.8, 4) is 0 Å². The van der Waals surface area contributed by atoms with Crippen LogP contribution in [-0.4, -0.2) is 48.8 Å². The van der Waals surface area contributed by atoms with Gasteiger partial charge in [0.1, 0.15) is 18.3 Å². The molecular formula is C12H19N3O5. The topological polar surface area (TPSA) is 94.9 Å². The lowest BCUT2D eigenvalue weighted by Gasteiger charge is -2.26.